The van der Waals surface area contributed by atoms with Crippen molar-refractivity contribution in [3.05, 3.63) is 0 Å². The quantitative estimate of drug-likeness (QED) is 0.766. The molecule has 0 aromatic heterocycles. The van der Waals surface area contributed by atoms with Gasteiger partial charge in [-0.1, -0.05) is 0 Å². The Bertz CT molecular complexity index is 210. The van der Waals surface area contributed by atoms with Crippen LogP contribution < -0.4 is 10.0 Å². The predicted molar refractivity (Wildman–Crippen MR) is 61.0 cm³/mol. The van der Waals surface area contributed by atoms with Crippen molar-refractivity contribution >= 4 is 17.7 Å². The van der Waals surface area contributed by atoms with Gasteiger partial charge in [0.05, 0.1) is 33.0 Å². The summed E-state index contributed by atoms with van der Waals surface area (Å²) in [5.41, 5.74) is 0. The van der Waals surface area contributed by atoms with E-state index < -0.39 is 23.8 Å². The first-order valence-electron chi connectivity index (χ1n) is 5.28. The monoisotopic (exact) mass is 275 g/mol. The summed E-state index contributed by atoms with van der Waals surface area (Å²) in [4.78, 5) is 11.5. The van der Waals surface area contributed by atoms with Crippen molar-refractivity contribution < 1.29 is 28.0 Å². The van der Waals surface area contributed by atoms with Crippen molar-refractivity contribution in [2.75, 3.05) is 26.4 Å². The van der Waals surface area contributed by atoms with Crippen molar-refractivity contribution in [1.82, 2.24) is 0 Å². The van der Waals surface area contributed by atoms with Gasteiger partial charge in [0.25, 0.3) is 0 Å². The third-order valence-corrected chi connectivity index (χ3v) is 2.92. The Balaban J connectivity index is 0. The number of thioether (sulfide) groups is 1. The molecule has 104 valence electrons. The zero-order chi connectivity index (χ0) is 14.1. The molecule has 0 radical (unpaired) electrons. The van der Waals surface area contributed by atoms with Crippen LogP contribution in [0.1, 0.15) is 20.3 Å². The van der Waals surface area contributed by atoms with E-state index in [4.69, 9.17) is 0 Å². The molecule has 0 fully saturated rings. The molecule has 7 heteroatoms. The molecular weight excluding hydrogens is 255 g/mol. The fourth-order valence-corrected chi connectivity index (χ4v) is 1.26. The van der Waals surface area contributed by atoms with Crippen LogP contribution in [-0.2, 0) is 4.79 Å². The molecule has 0 saturated heterocycles. The van der Waals surface area contributed by atoms with Crippen LogP contribution >= 0.6 is 11.8 Å². The minimum absolute atomic E-state index is 0.237. The molecule has 0 aromatic carbocycles. The van der Waals surface area contributed by atoms with Crippen LogP contribution in [0.5, 0.6) is 0 Å². The van der Waals surface area contributed by atoms with Gasteiger partial charge >= 0.3 is 6.18 Å². The Morgan fingerprint density at radius 3 is 2.06 bits per heavy atom. The molecule has 0 amide bonds. The number of quaternary nitrogens is 1. The lowest BCUT2D eigenvalue weighted by Gasteiger charge is -2.12. The zero-order valence-electron chi connectivity index (χ0n) is 10.6. The third-order valence-electron chi connectivity index (χ3n) is 1.79. The molecule has 0 aliphatic carbocycles. The highest BCUT2D eigenvalue weighted by atomic mass is 32.2. The molecule has 0 rings (SSSR count). The Labute approximate surface area is 104 Å². The van der Waals surface area contributed by atoms with E-state index in [-0.39, 0.29) is 5.75 Å². The van der Waals surface area contributed by atoms with Crippen molar-refractivity contribution in [1.29, 1.82) is 0 Å². The Kier molecular flexibility index (Phi) is 10.7. The van der Waals surface area contributed by atoms with E-state index in [9.17, 15) is 23.1 Å². The van der Waals surface area contributed by atoms with Crippen molar-refractivity contribution in [3.63, 3.8) is 0 Å². The minimum Gasteiger partial charge on any atom is -0.549 e. The highest BCUT2D eigenvalue weighted by molar-refractivity contribution is 8.00. The van der Waals surface area contributed by atoms with Gasteiger partial charge in [0.1, 0.15) is 0 Å². The topological polar surface area (TPSA) is 44.6 Å². The van der Waals surface area contributed by atoms with Crippen molar-refractivity contribution in [2.45, 2.75) is 31.7 Å². The van der Waals surface area contributed by atoms with E-state index in [2.05, 4.69) is 21.0 Å². The summed E-state index contributed by atoms with van der Waals surface area (Å²) < 4.78 is 34.6. The first kappa shape index (κ1) is 18.9. The summed E-state index contributed by atoms with van der Waals surface area (Å²) in [6.07, 6.45) is -5.17. The lowest BCUT2D eigenvalue weighted by Crippen LogP contribution is -3.05. The second-order valence-corrected chi connectivity index (χ2v) is 5.21. The first-order valence-corrected chi connectivity index (χ1v) is 6.33. The number of hydrogen-bond donors (Lipinski definition) is 1. The number of alkyl halides is 3. The number of carboxylic acids is 1. The second-order valence-electron chi connectivity index (χ2n) is 3.76. The predicted octanol–water partition coefficient (Wildman–Crippen LogP) is -0.0388. The molecule has 0 aliphatic heterocycles. The average Bonchev–Trinajstić information content (AvgIpc) is 2.16. The van der Waals surface area contributed by atoms with Crippen LogP contribution in [0.3, 0.4) is 0 Å². The van der Waals surface area contributed by atoms with Crippen LogP contribution in [0.2, 0.25) is 0 Å². The number of carboxylic acid groups (broad SMARTS) is 1. The first-order chi connectivity index (χ1) is 7.60. The largest absolute Gasteiger partial charge is 0.549 e. The molecule has 1 unspecified atom stereocenters. The number of carbonyl (C=O) groups excluding carboxylic acids is 1. The molecular formula is C10H20F3NO2S. The molecule has 17 heavy (non-hydrogen) atoms. The second kappa shape index (κ2) is 9.58. The van der Waals surface area contributed by atoms with Gasteiger partial charge in [-0.05, 0) is 13.8 Å². The number of nitrogens with one attached hydrogen (secondary N) is 1. The number of carbonyl (C=O) groups is 1. The maximum atomic E-state index is 11.5. The summed E-state index contributed by atoms with van der Waals surface area (Å²) in [6, 6.07) is 0. The summed E-state index contributed by atoms with van der Waals surface area (Å²) in [5, 5.41) is 9.16. The molecule has 0 saturated carbocycles. The highest BCUT2D eigenvalue weighted by Crippen LogP contribution is 2.23. The fourth-order valence-electron chi connectivity index (χ4n) is 0.419. The van der Waals surface area contributed by atoms with E-state index in [1.54, 1.807) is 0 Å². The van der Waals surface area contributed by atoms with Crippen LogP contribution in [0, 0.1) is 0 Å². The third kappa shape index (κ3) is 18.1. The number of rotatable bonds is 5. The van der Waals surface area contributed by atoms with Crippen LogP contribution in [0.4, 0.5) is 13.2 Å². The Morgan fingerprint density at radius 2 is 1.82 bits per heavy atom. The molecule has 0 spiro atoms. The Morgan fingerprint density at radius 1 is 1.41 bits per heavy atom. The van der Waals surface area contributed by atoms with E-state index in [0.717, 1.165) is 11.8 Å². The van der Waals surface area contributed by atoms with Crippen molar-refractivity contribution in [2.24, 2.45) is 0 Å². The van der Waals surface area contributed by atoms with E-state index in [1.165, 1.54) is 18.4 Å². The maximum Gasteiger partial charge on any atom is 0.389 e. The van der Waals surface area contributed by atoms with E-state index in [0.29, 0.717) is 0 Å². The summed E-state index contributed by atoms with van der Waals surface area (Å²) in [5.74, 6) is -1.57. The van der Waals surface area contributed by atoms with Gasteiger partial charge in [0, 0.05) is 11.0 Å². The average molecular weight is 275 g/mol. The van der Waals surface area contributed by atoms with Crippen LogP contribution in [0.25, 0.3) is 0 Å². The summed E-state index contributed by atoms with van der Waals surface area (Å²) in [6.45, 7) is 4.69. The summed E-state index contributed by atoms with van der Waals surface area (Å²) >= 11 is 0.729. The van der Waals surface area contributed by atoms with Gasteiger partial charge < -0.3 is 14.8 Å². The lowest BCUT2D eigenvalue weighted by atomic mass is 10.5. The molecule has 1 atom stereocenters. The molecule has 0 heterocycles. The number of aliphatic carboxylic acids is 1. The molecule has 1 N–H and O–H groups in total. The summed E-state index contributed by atoms with van der Waals surface area (Å²) in [7, 11) is 4.28. The number of halogens is 3. The molecule has 0 aromatic rings. The number of hydrogen-bond acceptors (Lipinski definition) is 3. The SMILES string of the molecule is CC(SCCC(F)(F)F)C(=O)[O-].CC[NH+](C)C. The van der Waals surface area contributed by atoms with Gasteiger partial charge in [-0.3, -0.25) is 0 Å². The van der Waals surface area contributed by atoms with Crippen LogP contribution in [0.15, 0.2) is 0 Å². The lowest BCUT2D eigenvalue weighted by molar-refractivity contribution is -0.856. The Hall–Kier alpha value is -0.430. The van der Waals surface area contributed by atoms with Gasteiger partial charge in [-0.15, -0.1) is 0 Å². The zero-order valence-corrected chi connectivity index (χ0v) is 11.4. The minimum atomic E-state index is -4.21. The van der Waals surface area contributed by atoms with Crippen LogP contribution in [-0.4, -0.2) is 43.8 Å². The molecule has 0 aliphatic rings. The molecule has 3 nitrogen and oxygen atoms in total. The fraction of sp³-hybridized carbons (Fsp3) is 0.900. The molecule has 0 bridgehead atoms. The van der Waals surface area contributed by atoms with Gasteiger partial charge in [-0.2, -0.15) is 24.9 Å². The smallest absolute Gasteiger partial charge is 0.389 e. The van der Waals surface area contributed by atoms with E-state index in [1.807, 2.05) is 0 Å². The normalized spacial score (nSPS) is 12.9. The van der Waals surface area contributed by atoms with Crippen molar-refractivity contribution in [3.8, 4) is 0 Å². The highest BCUT2D eigenvalue weighted by Gasteiger charge is 2.26. The van der Waals surface area contributed by atoms with Gasteiger partial charge in [0.15, 0.2) is 0 Å². The maximum absolute atomic E-state index is 11.5. The van der Waals surface area contributed by atoms with Gasteiger partial charge in [-0.25, -0.2) is 0 Å². The van der Waals surface area contributed by atoms with E-state index >= 15 is 0 Å². The van der Waals surface area contributed by atoms with Gasteiger partial charge in [0.2, 0.25) is 0 Å². The standard InChI is InChI=1S/C6H9F3O2S.C4H11N/c1-4(5(10)11)12-3-2-6(7,8)9;1-4-5(2)3/h4H,2-3H2,1H3,(H,10,11);4H2,1-3H3.